The maximum atomic E-state index is 11.6. The van der Waals surface area contributed by atoms with Crippen molar-refractivity contribution >= 4 is 17.6 Å². The lowest BCUT2D eigenvalue weighted by molar-refractivity contribution is -0.436. The van der Waals surface area contributed by atoms with Crippen molar-refractivity contribution in [2.45, 2.75) is 13.0 Å². The highest BCUT2D eigenvalue weighted by molar-refractivity contribution is 6.30. The summed E-state index contributed by atoms with van der Waals surface area (Å²) in [7, 11) is 0. The monoisotopic (exact) mass is 254 g/mol. The molecule has 0 spiro atoms. The molecule has 1 rings (SSSR count). The van der Waals surface area contributed by atoms with E-state index < -0.39 is 0 Å². The van der Waals surface area contributed by atoms with Gasteiger partial charge >= 0.3 is 5.97 Å². The Morgan fingerprint density at radius 1 is 1.53 bits per heavy atom. The third kappa shape index (κ3) is 3.88. The predicted molar refractivity (Wildman–Crippen MR) is 67.4 cm³/mol. The fraction of sp³-hybridized carbons (Fsp3) is 0.308. The van der Waals surface area contributed by atoms with Crippen molar-refractivity contribution in [1.29, 1.82) is 0 Å². The van der Waals surface area contributed by atoms with Gasteiger partial charge in [-0.1, -0.05) is 36.4 Å². The molecule has 1 aromatic carbocycles. The van der Waals surface area contributed by atoms with Crippen LogP contribution in [0.2, 0.25) is 5.02 Å². The Bertz CT molecular complexity index is 389. The van der Waals surface area contributed by atoms with Crippen LogP contribution in [-0.2, 0) is 9.53 Å². The van der Waals surface area contributed by atoms with Crippen LogP contribution in [-0.4, -0.2) is 12.6 Å². The van der Waals surface area contributed by atoms with Gasteiger partial charge < -0.3 is 10.5 Å². The lowest BCUT2D eigenvalue weighted by Crippen LogP contribution is -2.57. The molecule has 0 saturated heterocycles. The molecule has 2 atom stereocenters. The average Bonchev–Trinajstić information content (AvgIpc) is 2.35. The molecule has 0 saturated carbocycles. The molecule has 92 valence electrons. The molecule has 0 bridgehead atoms. The van der Waals surface area contributed by atoms with E-state index in [2.05, 4.69) is 12.3 Å². The van der Waals surface area contributed by atoms with Crippen molar-refractivity contribution < 1.29 is 15.3 Å². The fourth-order valence-electron chi connectivity index (χ4n) is 1.44. The second kappa shape index (κ2) is 6.42. The van der Waals surface area contributed by atoms with Gasteiger partial charge in [-0.2, -0.15) is 0 Å². The lowest BCUT2D eigenvalue weighted by Gasteiger charge is -2.15. The molecule has 0 aromatic heterocycles. The van der Waals surface area contributed by atoms with Crippen molar-refractivity contribution in [3.05, 3.63) is 47.5 Å². The fourth-order valence-corrected chi connectivity index (χ4v) is 1.56. The number of halogens is 1. The van der Waals surface area contributed by atoms with E-state index in [-0.39, 0.29) is 24.5 Å². The summed E-state index contributed by atoms with van der Waals surface area (Å²) in [5.74, 6) is -0.559. The number of benzene rings is 1. The van der Waals surface area contributed by atoms with Crippen molar-refractivity contribution in [3.8, 4) is 0 Å². The van der Waals surface area contributed by atoms with Gasteiger partial charge in [0.1, 0.15) is 18.6 Å². The van der Waals surface area contributed by atoms with Gasteiger partial charge in [0, 0.05) is 10.6 Å². The van der Waals surface area contributed by atoms with Crippen LogP contribution < -0.4 is 5.73 Å². The number of ether oxygens (including phenoxy) is 1. The van der Waals surface area contributed by atoms with Crippen LogP contribution in [0.1, 0.15) is 18.5 Å². The summed E-state index contributed by atoms with van der Waals surface area (Å²) in [5, 5.41) is 0.669. The molecule has 0 radical (unpaired) electrons. The molecule has 1 aromatic rings. The third-order valence-electron chi connectivity index (χ3n) is 2.62. The van der Waals surface area contributed by atoms with E-state index in [0.717, 1.165) is 5.56 Å². The summed E-state index contributed by atoms with van der Waals surface area (Å²) in [4.78, 5) is 11.6. The molecule has 3 nitrogen and oxygen atoms in total. The summed E-state index contributed by atoms with van der Waals surface area (Å²) in [5.41, 5.74) is 4.97. The zero-order valence-corrected chi connectivity index (χ0v) is 10.6. The van der Waals surface area contributed by atoms with E-state index in [1.165, 1.54) is 0 Å². The molecule has 0 heterocycles. The normalized spacial score (nSPS) is 13.8. The van der Waals surface area contributed by atoms with Crippen molar-refractivity contribution in [1.82, 2.24) is 0 Å². The lowest BCUT2D eigenvalue weighted by atomic mass is 9.95. The summed E-state index contributed by atoms with van der Waals surface area (Å²) < 4.78 is 5.00. The van der Waals surface area contributed by atoms with Gasteiger partial charge in [0.15, 0.2) is 0 Å². The molecule has 3 N–H and O–H groups in total. The Kier molecular flexibility index (Phi) is 5.19. The van der Waals surface area contributed by atoms with E-state index in [9.17, 15) is 4.79 Å². The topological polar surface area (TPSA) is 53.9 Å². The predicted octanol–water partition coefficient (Wildman–Crippen LogP) is 1.99. The largest absolute Gasteiger partial charge is 0.461 e. The van der Waals surface area contributed by atoms with Crippen LogP contribution in [0, 0.1) is 5.92 Å². The number of carbonyl (C=O) groups excluding carboxylic acids is 1. The van der Waals surface area contributed by atoms with Gasteiger partial charge in [-0.25, -0.2) is 0 Å². The Labute approximate surface area is 106 Å². The number of hydrogen-bond donors (Lipinski definition) is 1. The minimum absolute atomic E-state index is 0.149. The minimum atomic E-state index is -0.295. The van der Waals surface area contributed by atoms with E-state index in [1.54, 1.807) is 25.1 Å². The molecule has 4 heteroatoms. The van der Waals surface area contributed by atoms with Crippen molar-refractivity contribution in [3.63, 3.8) is 0 Å². The number of carbonyl (C=O) groups is 1. The van der Waals surface area contributed by atoms with Gasteiger partial charge in [0.2, 0.25) is 0 Å². The molecule has 0 aliphatic carbocycles. The Hall–Kier alpha value is -1.32. The van der Waals surface area contributed by atoms with E-state index >= 15 is 0 Å². The van der Waals surface area contributed by atoms with Gasteiger partial charge in [0.05, 0.1) is 0 Å². The standard InChI is InChI=1S/C13H16ClNO2/c1-3-8-17-13(16)9(2)12(15)10-4-6-11(14)7-5-10/h3-7,9,12H,1,8,15H2,2H3/p+1/t9-,12-/m0/s1. The van der Waals surface area contributed by atoms with Crippen molar-refractivity contribution in [2.24, 2.45) is 5.92 Å². The van der Waals surface area contributed by atoms with Crippen LogP contribution in [0.15, 0.2) is 36.9 Å². The van der Waals surface area contributed by atoms with Gasteiger partial charge in [0.25, 0.3) is 0 Å². The first-order valence-electron chi connectivity index (χ1n) is 5.42. The molecule has 0 aliphatic rings. The Morgan fingerprint density at radius 3 is 2.65 bits per heavy atom. The quantitative estimate of drug-likeness (QED) is 0.645. The molecule has 0 unspecified atom stereocenters. The summed E-state index contributed by atoms with van der Waals surface area (Å²) >= 11 is 5.80. The first-order valence-corrected chi connectivity index (χ1v) is 5.80. The summed E-state index contributed by atoms with van der Waals surface area (Å²) in [6, 6.07) is 7.17. The number of esters is 1. The van der Waals surface area contributed by atoms with Crippen LogP contribution in [0.4, 0.5) is 0 Å². The summed E-state index contributed by atoms with van der Waals surface area (Å²) in [6.45, 7) is 5.53. The third-order valence-corrected chi connectivity index (χ3v) is 2.87. The van der Waals surface area contributed by atoms with Crippen LogP contribution in [0.3, 0.4) is 0 Å². The van der Waals surface area contributed by atoms with Crippen LogP contribution in [0.25, 0.3) is 0 Å². The first kappa shape index (κ1) is 13.7. The Balaban J connectivity index is 2.68. The highest BCUT2D eigenvalue weighted by Gasteiger charge is 2.26. The maximum Gasteiger partial charge on any atom is 0.315 e. The zero-order chi connectivity index (χ0) is 12.8. The SMILES string of the molecule is C=CCOC(=O)[C@@H](C)[C@H]([NH3+])c1ccc(Cl)cc1. The molecule has 0 amide bonds. The minimum Gasteiger partial charge on any atom is -0.461 e. The second-order valence-electron chi connectivity index (χ2n) is 3.87. The van der Waals surface area contributed by atoms with Crippen LogP contribution >= 0.6 is 11.6 Å². The maximum absolute atomic E-state index is 11.6. The van der Waals surface area contributed by atoms with Crippen molar-refractivity contribution in [2.75, 3.05) is 6.61 Å². The zero-order valence-electron chi connectivity index (χ0n) is 9.86. The van der Waals surface area contributed by atoms with E-state index in [1.807, 2.05) is 12.1 Å². The number of rotatable bonds is 5. The molecule has 0 fully saturated rings. The van der Waals surface area contributed by atoms with Gasteiger partial charge in [-0.15, -0.1) is 0 Å². The van der Waals surface area contributed by atoms with Gasteiger partial charge in [-0.05, 0) is 19.1 Å². The summed E-state index contributed by atoms with van der Waals surface area (Å²) in [6.07, 6.45) is 1.55. The van der Waals surface area contributed by atoms with E-state index in [0.29, 0.717) is 5.02 Å². The molecule has 0 aliphatic heterocycles. The highest BCUT2D eigenvalue weighted by atomic mass is 35.5. The first-order chi connectivity index (χ1) is 8.06. The smallest absolute Gasteiger partial charge is 0.315 e. The molecular weight excluding hydrogens is 238 g/mol. The second-order valence-corrected chi connectivity index (χ2v) is 4.30. The van der Waals surface area contributed by atoms with Gasteiger partial charge in [-0.3, -0.25) is 4.79 Å². The Morgan fingerprint density at radius 2 is 2.12 bits per heavy atom. The highest BCUT2D eigenvalue weighted by Crippen LogP contribution is 2.20. The molecule has 17 heavy (non-hydrogen) atoms. The number of quaternary nitrogens is 1. The molecular formula is C13H17ClNO2+. The van der Waals surface area contributed by atoms with E-state index in [4.69, 9.17) is 16.3 Å². The number of hydrogen-bond acceptors (Lipinski definition) is 2. The van der Waals surface area contributed by atoms with Crippen LogP contribution in [0.5, 0.6) is 0 Å². The average molecular weight is 255 g/mol.